The molecule has 0 bridgehead atoms. The summed E-state index contributed by atoms with van der Waals surface area (Å²) in [6, 6.07) is 9.81. The number of rotatable bonds is 5. The molecule has 5 nitrogen and oxygen atoms in total. The minimum atomic E-state index is -0.0403. The number of nitrogens with one attached hydrogen (secondary N) is 1. The van der Waals surface area contributed by atoms with E-state index in [0.29, 0.717) is 11.3 Å². The van der Waals surface area contributed by atoms with Crippen molar-refractivity contribution in [2.45, 2.75) is 32.2 Å². The van der Waals surface area contributed by atoms with Crippen LogP contribution in [0, 0.1) is 0 Å². The first-order valence-electron chi connectivity index (χ1n) is 8.21. The van der Waals surface area contributed by atoms with Crippen LogP contribution in [-0.4, -0.2) is 41.3 Å². The Morgan fingerprint density at radius 3 is 2.67 bits per heavy atom. The summed E-state index contributed by atoms with van der Waals surface area (Å²) in [6.07, 6.45) is 4.44. The van der Waals surface area contributed by atoms with Crippen molar-refractivity contribution in [3.63, 3.8) is 0 Å². The van der Waals surface area contributed by atoms with Gasteiger partial charge in [0.2, 0.25) is 0 Å². The third kappa shape index (κ3) is 3.35. The van der Waals surface area contributed by atoms with E-state index in [1.807, 2.05) is 29.2 Å². The molecule has 0 radical (unpaired) electrons. The zero-order valence-corrected chi connectivity index (χ0v) is 14.0. The highest BCUT2D eigenvalue weighted by Crippen LogP contribution is 2.24. The van der Waals surface area contributed by atoms with Gasteiger partial charge in [-0.3, -0.25) is 9.59 Å². The average Bonchev–Trinajstić information content (AvgIpc) is 3.24. The highest BCUT2D eigenvalue weighted by molar-refractivity contribution is 5.99. The molecule has 1 aliphatic heterocycles. The third-order valence-corrected chi connectivity index (χ3v) is 4.59. The lowest BCUT2D eigenvalue weighted by Crippen LogP contribution is -2.37. The van der Waals surface area contributed by atoms with Crippen molar-refractivity contribution < 1.29 is 14.3 Å². The second-order valence-corrected chi connectivity index (χ2v) is 6.21. The van der Waals surface area contributed by atoms with Crippen LogP contribution in [-0.2, 0) is 6.42 Å². The van der Waals surface area contributed by atoms with E-state index in [1.165, 1.54) is 12.5 Å². The maximum Gasteiger partial charge on any atom is 0.270 e. The van der Waals surface area contributed by atoms with Crippen LogP contribution in [0.3, 0.4) is 0 Å². The number of methoxy groups -OCH3 is 1. The first-order chi connectivity index (χ1) is 11.6. The summed E-state index contributed by atoms with van der Waals surface area (Å²) >= 11 is 0. The number of carbonyl (C=O) groups excluding carboxylic acids is 2. The summed E-state index contributed by atoms with van der Waals surface area (Å²) in [5, 5.41) is 0. The van der Waals surface area contributed by atoms with Crippen molar-refractivity contribution in [2.75, 3.05) is 13.7 Å². The number of aromatic amines is 1. The molecule has 3 rings (SSSR count). The van der Waals surface area contributed by atoms with Crippen LogP contribution in [0.5, 0.6) is 5.75 Å². The predicted molar refractivity (Wildman–Crippen MR) is 91.6 cm³/mol. The molecular formula is C19H22N2O3. The fourth-order valence-corrected chi connectivity index (χ4v) is 3.22. The van der Waals surface area contributed by atoms with Gasteiger partial charge in [-0.25, -0.2) is 0 Å². The van der Waals surface area contributed by atoms with Crippen molar-refractivity contribution in [1.29, 1.82) is 0 Å². The number of ether oxygens (including phenoxy) is 1. The largest absolute Gasteiger partial charge is 0.497 e. The molecule has 0 unspecified atom stereocenters. The van der Waals surface area contributed by atoms with E-state index in [1.54, 1.807) is 19.4 Å². The summed E-state index contributed by atoms with van der Waals surface area (Å²) < 4.78 is 5.18. The zero-order chi connectivity index (χ0) is 17.1. The molecule has 2 aromatic rings. The van der Waals surface area contributed by atoms with Gasteiger partial charge in [-0.2, -0.15) is 0 Å². The Hall–Kier alpha value is -2.56. The minimum Gasteiger partial charge on any atom is -0.497 e. The molecule has 5 heteroatoms. The van der Waals surface area contributed by atoms with Gasteiger partial charge in [0.25, 0.3) is 5.91 Å². The molecule has 126 valence electrons. The van der Waals surface area contributed by atoms with E-state index in [0.717, 1.165) is 31.6 Å². The van der Waals surface area contributed by atoms with Crippen LogP contribution in [0.1, 0.15) is 46.2 Å². The maximum absolute atomic E-state index is 12.7. The molecule has 1 saturated heterocycles. The zero-order valence-electron chi connectivity index (χ0n) is 14.0. The Morgan fingerprint density at radius 2 is 2.04 bits per heavy atom. The van der Waals surface area contributed by atoms with Crippen LogP contribution in [0.25, 0.3) is 0 Å². The van der Waals surface area contributed by atoms with E-state index in [-0.39, 0.29) is 17.7 Å². The Morgan fingerprint density at radius 1 is 1.29 bits per heavy atom. The summed E-state index contributed by atoms with van der Waals surface area (Å²) in [5.74, 6) is 0.765. The number of ketones is 1. The van der Waals surface area contributed by atoms with Crippen molar-refractivity contribution in [1.82, 2.24) is 9.88 Å². The van der Waals surface area contributed by atoms with Gasteiger partial charge in [-0.1, -0.05) is 12.1 Å². The van der Waals surface area contributed by atoms with Gasteiger partial charge in [-0.15, -0.1) is 0 Å². The molecule has 0 spiro atoms. The van der Waals surface area contributed by atoms with E-state index in [4.69, 9.17) is 4.74 Å². The van der Waals surface area contributed by atoms with Gasteiger partial charge in [-0.05, 0) is 49.9 Å². The van der Waals surface area contributed by atoms with Crippen molar-refractivity contribution in [3.8, 4) is 5.75 Å². The van der Waals surface area contributed by atoms with E-state index >= 15 is 0 Å². The Balaban J connectivity index is 1.71. The number of Topliss-reactive ketones (excluding diaryl/α,β-unsaturated/α-hetero) is 1. The standard InChI is InChI=1S/C19H22N2O3/c1-13(22)15-11-18(20-12-15)19(23)21-9-3-4-16(21)10-14-5-7-17(24-2)8-6-14/h5-8,11-12,16,20H,3-4,9-10H2,1-2H3/t16-/m0/s1. The van der Waals surface area contributed by atoms with Gasteiger partial charge < -0.3 is 14.6 Å². The molecule has 1 N–H and O–H groups in total. The molecule has 0 aliphatic carbocycles. The Bertz CT molecular complexity index is 733. The number of aromatic nitrogens is 1. The van der Waals surface area contributed by atoms with Crippen molar-refractivity contribution >= 4 is 11.7 Å². The molecule has 1 aromatic carbocycles. The molecule has 1 aromatic heterocycles. The number of benzene rings is 1. The number of hydrogen-bond donors (Lipinski definition) is 1. The molecule has 0 saturated carbocycles. The lowest BCUT2D eigenvalue weighted by molar-refractivity contribution is 0.0731. The Kier molecular flexibility index (Phi) is 4.69. The number of carbonyl (C=O) groups is 2. The quantitative estimate of drug-likeness (QED) is 0.859. The van der Waals surface area contributed by atoms with E-state index in [2.05, 4.69) is 4.98 Å². The topological polar surface area (TPSA) is 62.4 Å². The second-order valence-electron chi connectivity index (χ2n) is 6.21. The van der Waals surface area contributed by atoms with E-state index in [9.17, 15) is 9.59 Å². The van der Waals surface area contributed by atoms with Crippen LogP contribution >= 0.6 is 0 Å². The highest BCUT2D eigenvalue weighted by Gasteiger charge is 2.30. The summed E-state index contributed by atoms with van der Waals surface area (Å²) in [6.45, 7) is 2.26. The maximum atomic E-state index is 12.7. The normalized spacial score (nSPS) is 17.1. The molecule has 1 fully saturated rings. The van der Waals surface area contributed by atoms with E-state index < -0.39 is 0 Å². The monoisotopic (exact) mass is 326 g/mol. The van der Waals surface area contributed by atoms with Gasteiger partial charge >= 0.3 is 0 Å². The van der Waals surface area contributed by atoms with Crippen molar-refractivity contribution in [3.05, 3.63) is 53.3 Å². The average molecular weight is 326 g/mol. The van der Waals surface area contributed by atoms with Gasteiger partial charge in [0.1, 0.15) is 11.4 Å². The number of likely N-dealkylation sites (tertiary alicyclic amines) is 1. The Labute approximate surface area is 141 Å². The van der Waals surface area contributed by atoms with Crippen LogP contribution in [0.2, 0.25) is 0 Å². The first-order valence-corrected chi connectivity index (χ1v) is 8.21. The number of nitrogens with zero attached hydrogens (tertiary/aromatic N) is 1. The number of amides is 1. The van der Waals surface area contributed by atoms with Crippen LogP contribution < -0.4 is 4.74 Å². The lowest BCUT2D eigenvalue weighted by atomic mass is 10.0. The van der Waals surface area contributed by atoms with Gasteiger partial charge in [0.15, 0.2) is 5.78 Å². The summed E-state index contributed by atoms with van der Waals surface area (Å²) in [7, 11) is 1.65. The summed E-state index contributed by atoms with van der Waals surface area (Å²) in [4.78, 5) is 29.0. The van der Waals surface area contributed by atoms with Crippen LogP contribution in [0.4, 0.5) is 0 Å². The molecule has 1 amide bonds. The third-order valence-electron chi connectivity index (χ3n) is 4.59. The highest BCUT2D eigenvalue weighted by atomic mass is 16.5. The molecule has 1 atom stereocenters. The predicted octanol–water partition coefficient (Wildman–Crippen LogP) is 3.07. The second kappa shape index (κ2) is 6.91. The summed E-state index contributed by atoms with van der Waals surface area (Å²) in [5.41, 5.74) is 2.22. The molecular weight excluding hydrogens is 304 g/mol. The SMILES string of the molecule is COc1ccc(C[C@@H]2CCCN2C(=O)c2cc(C(C)=O)c[nH]2)cc1. The van der Waals surface area contributed by atoms with Gasteiger partial charge in [0, 0.05) is 24.3 Å². The fraction of sp³-hybridized carbons (Fsp3) is 0.368. The number of hydrogen-bond acceptors (Lipinski definition) is 3. The number of H-pyrrole nitrogens is 1. The first kappa shape index (κ1) is 16.3. The minimum absolute atomic E-state index is 0.0292. The molecule has 24 heavy (non-hydrogen) atoms. The van der Waals surface area contributed by atoms with Gasteiger partial charge in [0.05, 0.1) is 7.11 Å². The van der Waals surface area contributed by atoms with Crippen molar-refractivity contribution in [2.24, 2.45) is 0 Å². The molecule has 1 aliphatic rings. The van der Waals surface area contributed by atoms with Crippen LogP contribution in [0.15, 0.2) is 36.5 Å². The molecule has 2 heterocycles. The lowest BCUT2D eigenvalue weighted by Gasteiger charge is -2.24. The fourth-order valence-electron chi connectivity index (χ4n) is 3.22. The smallest absolute Gasteiger partial charge is 0.270 e.